The lowest BCUT2D eigenvalue weighted by Crippen LogP contribution is -2.36. The van der Waals surface area contributed by atoms with E-state index < -0.39 is 57.1 Å². The second-order valence-electron chi connectivity index (χ2n) is 8.59. The van der Waals surface area contributed by atoms with Gasteiger partial charge in [-0.2, -0.15) is 17.6 Å². The van der Waals surface area contributed by atoms with Crippen LogP contribution in [0.15, 0.2) is 48.7 Å². The highest BCUT2D eigenvalue weighted by molar-refractivity contribution is 6.31. The third-order valence-corrected chi connectivity index (χ3v) is 6.28. The van der Waals surface area contributed by atoms with Gasteiger partial charge in [0.1, 0.15) is 11.6 Å². The van der Waals surface area contributed by atoms with Crippen molar-refractivity contribution in [2.24, 2.45) is 0 Å². The van der Waals surface area contributed by atoms with Gasteiger partial charge in [-0.25, -0.2) is 13.8 Å². The number of halogens is 7. The molecule has 4 aromatic rings. The van der Waals surface area contributed by atoms with Gasteiger partial charge in [0.15, 0.2) is 11.6 Å². The molecule has 0 saturated carbocycles. The molecule has 1 aliphatic heterocycles. The molecular formula is C26H17ClF6N4O3. The minimum atomic E-state index is -4.87. The number of fused-ring (bicyclic) bond motifs is 1. The largest absolute Gasteiger partial charge is 0.451 e. The summed E-state index contributed by atoms with van der Waals surface area (Å²) in [6.45, 7) is 2.27. The van der Waals surface area contributed by atoms with Crippen molar-refractivity contribution in [3.8, 4) is 11.5 Å². The summed E-state index contributed by atoms with van der Waals surface area (Å²) in [7, 11) is 0. The lowest BCUT2D eigenvalue weighted by atomic mass is 10.1. The zero-order valence-electron chi connectivity index (χ0n) is 20.2. The lowest BCUT2D eigenvalue weighted by molar-refractivity contribution is -0.137. The predicted molar refractivity (Wildman–Crippen MR) is 133 cm³/mol. The van der Waals surface area contributed by atoms with Crippen molar-refractivity contribution >= 4 is 40.0 Å². The maximum absolute atomic E-state index is 14.9. The van der Waals surface area contributed by atoms with Crippen LogP contribution in [0.1, 0.15) is 15.9 Å². The molecule has 2 heterocycles. The van der Waals surface area contributed by atoms with Crippen molar-refractivity contribution in [2.75, 3.05) is 36.5 Å². The number of carbonyl (C=O) groups excluding carboxylic acids is 1. The Bertz CT molecular complexity index is 1610. The Hall–Kier alpha value is -4.10. The first-order chi connectivity index (χ1) is 19.0. The van der Waals surface area contributed by atoms with Gasteiger partial charge < -0.3 is 19.7 Å². The van der Waals surface area contributed by atoms with Crippen LogP contribution >= 0.6 is 11.6 Å². The molecule has 1 aliphatic rings. The van der Waals surface area contributed by atoms with Gasteiger partial charge in [-0.05, 0) is 30.3 Å². The van der Waals surface area contributed by atoms with Gasteiger partial charge in [-0.15, -0.1) is 0 Å². The number of ether oxygens (including phenoxy) is 2. The fraction of sp³-hybridized carbons (Fsp3) is 0.192. The minimum absolute atomic E-state index is 0.0734. The first-order valence-corrected chi connectivity index (χ1v) is 12.0. The number of anilines is 2. The predicted octanol–water partition coefficient (Wildman–Crippen LogP) is 6.60. The van der Waals surface area contributed by atoms with E-state index in [1.165, 1.54) is 18.2 Å². The van der Waals surface area contributed by atoms with Crippen molar-refractivity contribution in [2.45, 2.75) is 6.18 Å². The highest BCUT2D eigenvalue weighted by atomic mass is 35.5. The zero-order valence-corrected chi connectivity index (χ0v) is 20.9. The molecule has 1 amide bonds. The highest BCUT2D eigenvalue weighted by Gasteiger charge is 2.34. The number of benzene rings is 3. The molecule has 208 valence electrons. The van der Waals surface area contributed by atoms with Gasteiger partial charge in [0.25, 0.3) is 5.91 Å². The van der Waals surface area contributed by atoms with E-state index in [2.05, 4.69) is 9.97 Å². The van der Waals surface area contributed by atoms with Crippen molar-refractivity contribution in [3.63, 3.8) is 0 Å². The summed E-state index contributed by atoms with van der Waals surface area (Å²) in [5, 5.41) is 1.21. The zero-order chi connectivity index (χ0) is 28.6. The molecule has 0 spiro atoms. The molecule has 40 heavy (non-hydrogen) atoms. The molecule has 7 nitrogen and oxygen atoms in total. The molecule has 0 bridgehead atoms. The number of hydrogen-bond donors (Lipinski definition) is 1. The summed E-state index contributed by atoms with van der Waals surface area (Å²) in [4.78, 5) is 23.2. The van der Waals surface area contributed by atoms with Crippen LogP contribution in [-0.2, 0) is 10.9 Å². The van der Waals surface area contributed by atoms with E-state index in [1.54, 1.807) is 6.20 Å². The van der Waals surface area contributed by atoms with Crippen molar-refractivity contribution in [1.82, 2.24) is 9.97 Å². The Labute approximate surface area is 227 Å². The smallest absolute Gasteiger partial charge is 0.417 e. The quantitative estimate of drug-likeness (QED) is 0.211. The molecule has 14 heteroatoms. The SMILES string of the molecule is O=C(Nc1cc(F)c(Oc2ccc3ncc(N4CCOCC4)nc3c2)c(F)c1F)c1ccc(Cl)c(C(F)(F)F)c1. The van der Waals surface area contributed by atoms with Crippen molar-refractivity contribution in [1.29, 1.82) is 0 Å². The van der Waals surface area contributed by atoms with Gasteiger partial charge in [0.05, 0.1) is 46.7 Å². The summed E-state index contributed by atoms with van der Waals surface area (Å²) < 4.78 is 94.4. The number of nitrogens with one attached hydrogen (secondary N) is 1. The average Bonchev–Trinajstić information content (AvgIpc) is 2.93. The van der Waals surface area contributed by atoms with Crippen LogP contribution in [0.25, 0.3) is 11.0 Å². The van der Waals surface area contributed by atoms with Gasteiger partial charge >= 0.3 is 6.18 Å². The van der Waals surface area contributed by atoms with Crippen LogP contribution in [0.4, 0.5) is 37.8 Å². The van der Waals surface area contributed by atoms with E-state index in [4.69, 9.17) is 21.1 Å². The second kappa shape index (κ2) is 10.8. The summed E-state index contributed by atoms with van der Waals surface area (Å²) in [6.07, 6.45) is -3.28. The van der Waals surface area contributed by atoms with Crippen LogP contribution in [0.2, 0.25) is 5.02 Å². The summed E-state index contributed by atoms with van der Waals surface area (Å²) in [6, 6.07) is 6.89. The maximum Gasteiger partial charge on any atom is 0.417 e. The molecule has 3 aromatic carbocycles. The fourth-order valence-electron chi connectivity index (χ4n) is 3.95. The molecule has 5 rings (SSSR count). The number of alkyl halides is 3. The fourth-order valence-corrected chi connectivity index (χ4v) is 4.17. The second-order valence-corrected chi connectivity index (χ2v) is 9.00. The minimum Gasteiger partial charge on any atom is -0.451 e. The Morgan fingerprint density at radius 2 is 1.75 bits per heavy atom. The average molecular weight is 583 g/mol. The molecule has 0 atom stereocenters. The molecular weight excluding hydrogens is 566 g/mol. The van der Waals surface area contributed by atoms with Crippen LogP contribution in [0.5, 0.6) is 11.5 Å². The normalized spacial score (nSPS) is 13.9. The first kappa shape index (κ1) is 27.5. The molecule has 1 aromatic heterocycles. The lowest BCUT2D eigenvalue weighted by Gasteiger charge is -2.27. The van der Waals surface area contributed by atoms with E-state index in [0.717, 1.165) is 12.1 Å². The molecule has 0 radical (unpaired) electrons. The summed E-state index contributed by atoms with van der Waals surface area (Å²) >= 11 is 5.53. The standard InChI is InChI=1S/C26H17ClF6N4O3/c27-16-3-1-13(9-15(16)26(31,32)33)25(38)36-20-11-17(28)24(23(30)22(20)29)40-14-2-4-18-19(10-14)35-21(12-34-18)37-5-7-39-8-6-37/h1-4,9-12H,5-8H2,(H,36,38). The topological polar surface area (TPSA) is 76.6 Å². The van der Waals surface area contributed by atoms with Gasteiger partial charge in [-0.1, -0.05) is 11.6 Å². The molecule has 0 aliphatic carbocycles. The maximum atomic E-state index is 14.9. The van der Waals surface area contributed by atoms with E-state index in [0.29, 0.717) is 55.3 Å². The third kappa shape index (κ3) is 5.61. The monoisotopic (exact) mass is 582 g/mol. The van der Waals surface area contributed by atoms with E-state index >= 15 is 0 Å². The van der Waals surface area contributed by atoms with E-state index in [9.17, 15) is 31.1 Å². The van der Waals surface area contributed by atoms with E-state index in [1.807, 2.05) is 10.2 Å². The van der Waals surface area contributed by atoms with Gasteiger partial charge in [0, 0.05) is 30.8 Å². The first-order valence-electron chi connectivity index (χ1n) is 11.6. The van der Waals surface area contributed by atoms with Crippen LogP contribution in [0.3, 0.4) is 0 Å². The molecule has 1 fully saturated rings. The van der Waals surface area contributed by atoms with Crippen molar-refractivity contribution in [3.05, 3.63) is 82.3 Å². The third-order valence-electron chi connectivity index (χ3n) is 5.95. The number of hydrogen-bond acceptors (Lipinski definition) is 6. The molecule has 1 N–H and O–H groups in total. The van der Waals surface area contributed by atoms with Gasteiger partial charge in [0.2, 0.25) is 11.6 Å². The van der Waals surface area contributed by atoms with Crippen molar-refractivity contribution < 1.29 is 40.6 Å². The van der Waals surface area contributed by atoms with E-state index in [-0.39, 0.29) is 5.75 Å². The number of aromatic nitrogens is 2. The number of carbonyl (C=O) groups is 1. The Morgan fingerprint density at radius 1 is 1.00 bits per heavy atom. The highest BCUT2D eigenvalue weighted by Crippen LogP contribution is 2.36. The van der Waals surface area contributed by atoms with Gasteiger partial charge in [-0.3, -0.25) is 9.78 Å². The number of nitrogens with zero attached hydrogens (tertiary/aromatic N) is 3. The molecule has 0 unspecified atom stereocenters. The Balaban J connectivity index is 1.39. The van der Waals surface area contributed by atoms with Crippen LogP contribution in [0, 0.1) is 17.5 Å². The Kier molecular flexibility index (Phi) is 7.43. The molecule has 1 saturated heterocycles. The Morgan fingerprint density at radius 3 is 2.48 bits per heavy atom. The van der Waals surface area contributed by atoms with Crippen LogP contribution in [-0.4, -0.2) is 42.2 Å². The summed E-state index contributed by atoms with van der Waals surface area (Å²) in [5.74, 6) is -6.69. The summed E-state index contributed by atoms with van der Waals surface area (Å²) in [5.41, 5.74) is -1.99. The number of amides is 1. The number of morpholine rings is 1. The van der Waals surface area contributed by atoms with Crippen LogP contribution < -0.4 is 15.0 Å². The number of rotatable bonds is 5.